The third-order valence-corrected chi connectivity index (χ3v) is 4.23. The summed E-state index contributed by atoms with van der Waals surface area (Å²) in [5.41, 5.74) is 5.88. The topological polar surface area (TPSA) is 52.3 Å². The second kappa shape index (κ2) is 6.53. The lowest BCUT2D eigenvalue weighted by atomic mass is 10.2. The molecule has 2 aromatic rings. The molecule has 0 unspecified atom stereocenters. The quantitative estimate of drug-likeness (QED) is 0.454. The van der Waals surface area contributed by atoms with Gasteiger partial charge in [0.05, 0.1) is 20.1 Å². The Morgan fingerprint density at radius 3 is 2.62 bits per heavy atom. The Hall–Kier alpha value is -1.47. The molecular formula is C14H9Br2F2NO2. The van der Waals surface area contributed by atoms with Gasteiger partial charge in [-0.25, -0.2) is 13.6 Å². The van der Waals surface area contributed by atoms with Gasteiger partial charge in [-0.3, -0.25) is 0 Å². The van der Waals surface area contributed by atoms with Gasteiger partial charge in [-0.2, -0.15) is 0 Å². The van der Waals surface area contributed by atoms with E-state index in [2.05, 4.69) is 31.9 Å². The second-order valence-electron chi connectivity index (χ2n) is 4.11. The molecule has 7 heteroatoms. The van der Waals surface area contributed by atoms with Crippen LogP contribution in [0, 0.1) is 11.6 Å². The lowest BCUT2D eigenvalue weighted by molar-refractivity contribution is 0.0463. The number of anilines is 1. The average Bonchev–Trinajstić information content (AvgIpc) is 2.46. The Bertz CT molecular complexity index is 708. The molecule has 0 saturated carbocycles. The fraction of sp³-hybridized carbons (Fsp3) is 0.0714. The fourth-order valence-electron chi connectivity index (χ4n) is 1.62. The first-order valence-corrected chi connectivity index (χ1v) is 7.34. The van der Waals surface area contributed by atoms with Crippen LogP contribution in [0.3, 0.4) is 0 Å². The van der Waals surface area contributed by atoms with Crippen molar-refractivity contribution in [2.45, 2.75) is 6.61 Å². The van der Waals surface area contributed by atoms with Crippen LogP contribution in [-0.2, 0) is 11.3 Å². The van der Waals surface area contributed by atoms with Gasteiger partial charge in [-0.15, -0.1) is 0 Å². The van der Waals surface area contributed by atoms with Gasteiger partial charge in [0.1, 0.15) is 18.2 Å². The molecule has 110 valence electrons. The minimum absolute atomic E-state index is 0.0973. The van der Waals surface area contributed by atoms with Crippen molar-refractivity contribution in [3.05, 3.63) is 62.0 Å². The molecule has 0 aliphatic carbocycles. The van der Waals surface area contributed by atoms with Crippen molar-refractivity contribution >= 4 is 43.5 Å². The molecule has 0 aliphatic rings. The molecular weight excluding hydrogens is 412 g/mol. The number of carbonyl (C=O) groups is 1. The van der Waals surface area contributed by atoms with E-state index in [4.69, 9.17) is 10.5 Å². The summed E-state index contributed by atoms with van der Waals surface area (Å²) in [6.45, 7) is -0.517. The summed E-state index contributed by atoms with van der Waals surface area (Å²) < 4.78 is 32.7. The summed E-state index contributed by atoms with van der Waals surface area (Å²) in [4.78, 5) is 11.9. The average molecular weight is 421 g/mol. The van der Waals surface area contributed by atoms with Crippen molar-refractivity contribution < 1.29 is 18.3 Å². The van der Waals surface area contributed by atoms with Crippen LogP contribution in [0.25, 0.3) is 0 Å². The third-order valence-electron chi connectivity index (χ3n) is 2.74. The Labute approximate surface area is 136 Å². The van der Waals surface area contributed by atoms with E-state index < -0.39 is 24.2 Å². The number of rotatable bonds is 3. The number of hydrogen-bond donors (Lipinski definition) is 1. The van der Waals surface area contributed by atoms with E-state index in [1.54, 1.807) is 12.1 Å². The van der Waals surface area contributed by atoms with E-state index >= 15 is 0 Å². The van der Waals surface area contributed by atoms with Crippen molar-refractivity contribution in [2.75, 3.05) is 5.73 Å². The van der Waals surface area contributed by atoms with Crippen molar-refractivity contribution in [3.63, 3.8) is 0 Å². The van der Waals surface area contributed by atoms with E-state index in [1.165, 1.54) is 12.1 Å². The summed E-state index contributed by atoms with van der Waals surface area (Å²) in [5.74, 6) is -2.31. The SMILES string of the molecule is Nc1cccc(C(=O)OCc2c(F)ccc(Br)c2F)c1Br. The lowest BCUT2D eigenvalue weighted by Gasteiger charge is -2.09. The zero-order chi connectivity index (χ0) is 15.6. The molecule has 0 radical (unpaired) electrons. The highest BCUT2D eigenvalue weighted by Crippen LogP contribution is 2.26. The van der Waals surface area contributed by atoms with Crippen molar-refractivity contribution in [2.24, 2.45) is 0 Å². The molecule has 0 saturated heterocycles. The Kier molecular flexibility index (Phi) is 4.95. The number of benzene rings is 2. The zero-order valence-electron chi connectivity index (χ0n) is 10.5. The first kappa shape index (κ1) is 15.9. The second-order valence-corrected chi connectivity index (χ2v) is 5.75. The predicted molar refractivity (Wildman–Crippen MR) is 81.7 cm³/mol. The van der Waals surface area contributed by atoms with Crippen LogP contribution in [-0.4, -0.2) is 5.97 Å². The molecule has 0 aliphatic heterocycles. The van der Waals surface area contributed by atoms with Crippen molar-refractivity contribution in [3.8, 4) is 0 Å². The summed E-state index contributed by atoms with van der Waals surface area (Å²) in [6.07, 6.45) is 0. The number of halogens is 4. The van der Waals surface area contributed by atoms with E-state index in [0.717, 1.165) is 6.07 Å². The standard InChI is InChI=1S/C14H9Br2F2NO2/c15-9-4-5-10(17)8(13(9)18)6-21-14(20)7-2-1-3-11(19)12(7)16/h1-5H,6,19H2. The normalized spacial score (nSPS) is 10.5. The first-order valence-electron chi connectivity index (χ1n) is 5.75. The largest absolute Gasteiger partial charge is 0.457 e. The van der Waals surface area contributed by atoms with Crippen LogP contribution < -0.4 is 5.73 Å². The van der Waals surface area contributed by atoms with Gasteiger partial charge in [0, 0.05) is 5.69 Å². The molecule has 0 amide bonds. The Morgan fingerprint density at radius 1 is 1.19 bits per heavy atom. The number of nitrogen functional groups attached to an aromatic ring is 1. The van der Waals surface area contributed by atoms with Gasteiger partial charge < -0.3 is 10.5 Å². The summed E-state index contributed by atoms with van der Waals surface area (Å²) >= 11 is 6.11. The number of esters is 1. The minimum atomic E-state index is -0.797. The van der Waals surface area contributed by atoms with Gasteiger partial charge in [0.25, 0.3) is 0 Å². The first-order chi connectivity index (χ1) is 9.91. The number of carbonyl (C=O) groups excluding carboxylic acids is 1. The Balaban J connectivity index is 2.19. The molecule has 21 heavy (non-hydrogen) atoms. The molecule has 0 fully saturated rings. The van der Waals surface area contributed by atoms with Crippen molar-refractivity contribution in [1.29, 1.82) is 0 Å². The van der Waals surface area contributed by atoms with Crippen LogP contribution in [0.1, 0.15) is 15.9 Å². The zero-order valence-corrected chi connectivity index (χ0v) is 13.7. The molecule has 2 N–H and O–H groups in total. The van der Waals surface area contributed by atoms with Gasteiger partial charge in [0.2, 0.25) is 0 Å². The van der Waals surface area contributed by atoms with E-state index in [0.29, 0.717) is 10.2 Å². The van der Waals surface area contributed by atoms with E-state index in [1.807, 2.05) is 0 Å². The molecule has 0 heterocycles. The fourth-order valence-corrected chi connectivity index (χ4v) is 2.42. The maximum absolute atomic E-state index is 13.8. The number of hydrogen-bond acceptors (Lipinski definition) is 3. The molecule has 0 spiro atoms. The van der Waals surface area contributed by atoms with Gasteiger partial charge in [-0.05, 0) is 56.1 Å². The third kappa shape index (κ3) is 3.41. The highest BCUT2D eigenvalue weighted by molar-refractivity contribution is 9.11. The summed E-state index contributed by atoms with van der Waals surface area (Å²) in [5, 5.41) is 0. The van der Waals surface area contributed by atoms with Gasteiger partial charge >= 0.3 is 5.97 Å². The van der Waals surface area contributed by atoms with Crippen LogP contribution in [0.15, 0.2) is 39.3 Å². The molecule has 0 aromatic heterocycles. The highest BCUT2D eigenvalue weighted by atomic mass is 79.9. The highest BCUT2D eigenvalue weighted by Gasteiger charge is 2.17. The molecule has 3 nitrogen and oxygen atoms in total. The minimum Gasteiger partial charge on any atom is -0.457 e. The van der Waals surface area contributed by atoms with Gasteiger partial charge in [0.15, 0.2) is 0 Å². The van der Waals surface area contributed by atoms with Crippen LogP contribution in [0.2, 0.25) is 0 Å². The van der Waals surface area contributed by atoms with Crippen LogP contribution >= 0.6 is 31.9 Å². The maximum Gasteiger partial charge on any atom is 0.339 e. The molecule has 0 atom stereocenters. The van der Waals surface area contributed by atoms with Gasteiger partial charge in [-0.1, -0.05) is 6.07 Å². The lowest BCUT2D eigenvalue weighted by Crippen LogP contribution is -2.09. The maximum atomic E-state index is 13.8. The number of ether oxygens (including phenoxy) is 1. The summed E-state index contributed by atoms with van der Waals surface area (Å²) in [6, 6.07) is 7.01. The van der Waals surface area contributed by atoms with E-state index in [9.17, 15) is 13.6 Å². The monoisotopic (exact) mass is 419 g/mol. The van der Waals surface area contributed by atoms with Crippen LogP contribution in [0.4, 0.5) is 14.5 Å². The Morgan fingerprint density at radius 2 is 1.90 bits per heavy atom. The van der Waals surface area contributed by atoms with E-state index in [-0.39, 0.29) is 15.6 Å². The molecule has 0 bridgehead atoms. The number of nitrogens with two attached hydrogens (primary N) is 1. The molecule has 2 rings (SSSR count). The summed E-state index contributed by atoms with van der Waals surface area (Å²) in [7, 11) is 0. The van der Waals surface area contributed by atoms with Crippen LogP contribution in [0.5, 0.6) is 0 Å². The predicted octanol–water partition coefficient (Wildman–Crippen LogP) is 4.43. The van der Waals surface area contributed by atoms with Crippen molar-refractivity contribution in [1.82, 2.24) is 0 Å². The smallest absolute Gasteiger partial charge is 0.339 e. The molecule has 2 aromatic carbocycles.